The third-order valence-electron chi connectivity index (χ3n) is 4.57. The van der Waals surface area contributed by atoms with Gasteiger partial charge in [0.15, 0.2) is 0 Å². The van der Waals surface area contributed by atoms with Crippen molar-refractivity contribution in [3.63, 3.8) is 0 Å². The minimum atomic E-state index is -0.269. The van der Waals surface area contributed by atoms with Crippen LogP contribution in [0.25, 0.3) is 0 Å². The molecule has 0 spiro atoms. The van der Waals surface area contributed by atoms with Gasteiger partial charge in [0.05, 0.1) is 6.07 Å². The molecule has 0 aromatic heterocycles. The van der Waals surface area contributed by atoms with Crippen molar-refractivity contribution in [2.45, 2.75) is 83.7 Å². The summed E-state index contributed by atoms with van der Waals surface area (Å²) >= 11 is 0. The lowest BCUT2D eigenvalue weighted by Gasteiger charge is -2.41. The number of nitrogens with one attached hydrogen (secondary N) is 1. The Kier molecular flexibility index (Phi) is 8.18. The molecular formula is C17H33N3. The molecule has 2 atom stereocenters. The van der Waals surface area contributed by atoms with Crippen LogP contribution in [0.5, 0.6) is 0 Å². The fourth-order valence-electron chi connectivity index (χ4n) is 3.40. The zero-order valence-corrected chi connectivity index (χ0v) is 13.7. The van der Waals surface area contributed by atoms with Crippen LogP contribution in [0.2, 0.25) is 0 Å². The highest BCUT2D eigenvalue weighted by Crippen LogP contribution is 2.31. The molecule has 0 aromatic rings. The van der Waals surface area contributed by atoms with E-state index in [1.807, 2.05) is 0 Å². The Morgan fingerprint density at radius 3 is 2.35 bits per heavy atom. The second-order valence-electron chi connectivity index (χ2n) is 6.22. The molecule has 0 aliphatic heterocycles. The van der Waals surface area contributed by atoms with Crippen LogP contribution < -0.4 is 5.32 Å². The topological polar surface area (TPSA) is 39.1 Å². The van der Waals surface area contributed by atoms with Crippen LogP contribution in [-0.2, 0) is 0 Å². The Morgan fingerprint density at radius 1 is 1.20 bits per heavy atom. The van der Waals surface area contributed by atoms with Crippen molar-refractivity contribution in [2.75, 3.05) is 19.6 Å². The average Bonchev–Trinajstić information content (AvgIpc) is 2.48. The van der Waals surface area contributed by atoms with Gasteiger partial charge < -0.3 is 4.90 Å². The lowest BCUT2D eigenvalue weighted by molar-refractivity contribution is 0.117. The monoisotopic (exact) mass is 279 g/mol. The van der Waals surface area contributed by atoms with Gasteiger partial charge >= 0.3 is 0 Å². The van der Waals surface area contributed by atoms with Crippen molar-refractivity contribution in [1.29, 1.82) is 5.26 Å². The van der Waals surface area contributed by atoms with Crippen molar-refractivity contribution >= 4 is 0 Å². The molecule has 2 unspecified atom stereocenters. The molecule has 1 saturated carbocycles. The fraction of sp³-hybridized carbons (Fsp3) is 0.941. The predicted molar refractivity (Wildman–Crippen MR) is 85.7 cm³/mol. The smallest absolute Gasteiger partial charge is 0.108 e. The highest BCUT2D eigenvalue weighted by Gasteiger charge is 2.37. The molecule has 0 bridgehead atoms. The van der Waals surface area contributed by atoms with E-state index in [9.17, 15) is 5.26 Å². The minimum absolute atomic E-state index is 0.269. The maximum atomic E-state index is 9.59. The molecule has 116 valence electrons. The number of nitrogens with zero attached hydrogens (tertiary/aromatic N) is 2. The molecule has 1 fully saturated rings. The van der Waals surface area contributed by atoms with Gasteiger partial charge in [0.25, 0.3) is 0 Å². The average molecular weight is 279 g/mol. The van der Waals surface area contributed by atoms with E-state index >= 15 is 0 Å². The van der Waals surface area contributed by atoms with Gasteiger partial charge in [-0.15, -0.1) is 0 Å². The SMILES string of the molecule is CCCCN(CCCC)C1CCCC(C#N)(NCC)C1. The van der Waals surface area contributed by atoms with Crippen LogP contribution in [0.4, 0.5) is 0 Å². The van der Waals surface area contributed by atoms with Crippen molar-refractivity contribution in [3.8, 4) is 6.07 Å². The van der Waals surface area contributed by atoms with Gasteiger partial charge in [-0.05, 0) is 58.2 Å². The molecule has 1 N–H and O–H groups in total. The van der Waals surface area contributed by atoms with E-state index in [4.69, 9.17) is 0 Å². The molecule has 0 radical (unpaired) electrons. The third kappa shape index (κ3) is 5.07. The van der Waals surface area contributed by atoms with Gasteiger partial charge in [-0.2, -0.15) is 5.26 Å². The van der Waals surface area contributed by atoms with E-state index in [0.717, 1.165) is 19.4 Å². The normalized spacial score (nSPS) is 26.6. The maximum absolute atomic E-state index is 9.59. The number of nitriles is 1. The summed E-state index contributed by atoms with van der Waals surface area (Å²) in [7, 11) is 0. The maximum Gasteiger partial charge on any atom is 0.108 e. The highest BCUT2D eigenvalue weighted by molar-refractivity contribution is 5.11. The fourth-order valence-corrected chi connectivity index (χ4v) is 3.40. The number of rotatable bonds is 9. The van der Waals surface area contributed by atoms with Crippen LogP contribution in [0.3, 0.4) is 0 Å². The van der Waals surface area contributed by atoms with E-state index in [2.05, 4.69) is 37.1 Å². The first kappa shape index (κ1) is 17.5. The van der Waals surface area contributed by atoms with Crippen LogP contribution >= 0.6 is 0 Å². The first-order valence-electron chi connectivity index (χ1n) is 8.61. The molecule has 1 rings (SSSR count). The number of hydrogen-bond acceptors (Lipinski definition) is 3. The lowest BCUT2D eigenvalue weighted by Crippen LogP contribution is -2.53. The molecule has 0 heterocycles. The van der Waals surface area contributed by atoms with E-state index in [1.54, 1.807) is 0 Å². The van der Waals surface area contributed by atoms with Crippen molar-refractivity contribution < 1.29 is 0 Å². The number of hydrogen-bond donors (Lipinski definition) is 1. The molecule has 3 heteroatoms. The summed E-state index contributed by atoms with van der Waals surface area (Å²) in [6, 6.07) is 3.18. The minimum Gasteiger partial charge on any atom is -0.300 e. The Morgan fingerprint density at radius 2 is 1.85 bits per heavy atom. The summed E-state index contributed by atoms with van der Waals surface area (Å²) < 4.78 is 0. The Balaban J connectivity index is 2.66. The second-order valence-corrected chi connectivity index (χ2v) is 6.22. The van der Waals surface area contributed by atoms with Gasteiger partial charge in [-0.1, -0.05) is 33.6 Å². The Bertz CT molecular complexity index is 285. The van der Waals surface area contributed by atoms with Crippen molar-refractivity contribution in [3.05, 3.63) is 0 Å². The van der Waals surface area contributed by atoms with Crippen molar-refractivity contribution in [2.24, 2.45) is 0 Å². The predicted octanol–water partition coefficient (Wildman–Crippen LogP) is 3.70. The summed E-state index contributed by atoms with van der Waals surface area (Å²) in [6.45, 7) is 9.93. The third-order valence-corrected chi connectivity index (χ3v) is 4.57. The standard InChI is InChI=1S/C17H33N3/c1-4-7-12-20(13-8-5-2)16-10-9-11-17(14-16,15-18)19-6-3/h16,19H,4-14H2,1-3H3. The molecule has 0 aromatic carbocycles. The summed E-state index contributed by atoms with van der Waals surface area (Å²) in [5, 5.41) is 13.1. The van der Waals surface area contributed by atoms with E-state index in [0.29, 0.717) is 6.04 Å². The molecule has 0 saturated heterocycles. The summed E-state index contributed by atoms with van der Waals surface area (Å²) in [5.41, 5.74) is -0.269. The molecular weight excluding hydrogens is 246 g/mol. The Hall–Kier alpha value is -0.590. The van der Waals surface area contributed by atoms with Crippen LogP contribution in [0.1, 0.15) is 72.1 Å². The zero-order chi connectivity index (χ0) is 14.8. The van der Waals surface area contributed by atoms with Crippen molar-refractivity contribution in [1.82, 2.24) is 10.2 Å². The molecule has 3 nitrogen and oxygen atoms in total. The van der Waals surface area contributed by atoms with E-state index in [1.165, 1.54) is 51.6 Å². The summed E-state index contributed by atoms with van der Waals surface area (Å²) in [4.78, 5) is 2.66. The van der Waals surface area contributed by atoms with Gasteiger partial charge in [0.1, 0.15) is 5.54 Å². The molecule has 1 aliphatic carbocycles. The Labute approximate surface area is 125 Å². The van der Waals surface area contributed by atoms with Gasteiger partial charge in [-0.3, -0.25) is 5.32 Å². The zero-order valence-electron chi connectivity index (χ0n) is 13.7. The molecule has 20 heavy (non-hydrogen) atoms. The van der Waals surface area contributed by atoms with Crippen LogP contribution in [-0.4, -0.2) is 36.1 Å². The summed E-state index contributed by atoms with van der Waals surface area (Å²) in [6.07, 6.45) is 9.54. The first-order valence-corrected chi connectivity index (χ1v) is 8.61. The van der Waals surface area contributed by atoms with E-state index in [-0.39, 0.29) is 5.54 Å². The van der Waals surface area contributed by atoms with Crippen LogP contribution in [0, 0.1) is 11.3 Å². The second kappa shape index (κ2) is 9.37. The van der Waals surface area contributed by atoms with Gasteiger partial charge in [0.2, 0.25) is 0 Å². The summed E-state index contributed by atoms with van der Waals surface area (Å²) in [5.74, 6) is 0. The van der Waals surface area contributed by atoms with Crippen LogP contribution in [0.15, 0.2) is 0 Å². The first-order chi connectivity index (χ1) is 9.71. The number of unbranched alkanes of at least 4 members (excludes halogenated alkanes) is 2. The van der Waals surface area contributed by atoms with Gasteiger partial charge in [0, 0.05) is 6.04 Å². The van der Waals surface area contributed by atoms with Gasteiger partial charge in [-0.25, -0.2) is 0 Å². The lowest BCUT2D eigenvalue weighted by atomic mass is 9.79. The quantitative estimate of drug-likeness (QED) is 0.699. The highest BCUT2D eigenvalue weighted by atomic mass is 15.2. The van der Waals surface area contributed by atoms with E-state index < -0.39 is 0 Å². The molecule has 0 amide bonds. The molecule has 1 aliphatic rings. The largest absolute Gasteiger partial charge is 0.300 e.